The van der Waals surface area contributed by atoms with Crippen LogP contribution in [0, 0.1) is 6.92 Å². The van der Waals surface area contributed by atoms with Gasteiger partial charge in [0.05, 0.1) is 26.2 Å². The minimum absolute atomic E-state index is 0.118. The Balaban J connectivity index is 2.38. The molecule has 0 aromatic heterocycles. The van der Waals surface area contributed by atoms with Crippen LogP contribution in [0.25, 0.3) is 0 Å². The third kappa shape index (κ3) is 4.59. The van der Waals surface area contributed by atoms with Crippen molar-refractivity contribution in [3.05, 3.63) is 47.0 Å². The summed E-state index contributed by atoms with van der Waals surface area (Å²) in [6, 6.07) is 8.08. The molecule has 0 aliphatic carbocycles. The molecular weight excluding hydrogens is 378 g/mol. The first-order valence-electron chi connectivity index (χ1n) is 9.07. The number of ether oxygens (including phenoxy) is 3. The van der Waals surface area contributed by atoms with Gasteiger partial charge in [-0.25, -0.2) is 13.1 Å². The predicted octanol–water partition coefficient (Wildman–Crippen LogP) is 4.18. The SMILES string of the molecule is COc1ccc(S(=O)(=O)N[C@@H](C)c2cc(C(C)C)c(OC)cc2C)cc1OC. The fraction of sp³-hybridized carbons (Fsp3) is 0.429. The zero-order valence-electron chi connectivity index (χ0n) is 17.5. The summed E-state index contributed by atoms with van der Waals surface area (Å²) in [4.78, 5) is 0.118. The van der Waals surface area contributed by atoms with Gasteiger partial charge in [0.2, 0.25) is 10.0 Å². The van der Waals surface area contributed by atoms with Crippen LogP contribution in [0.1, 0.15) is 49.4 Å². The number of hydrogen-bond donors (Lipinski definition) is 1. The quantitative estimate of drug-likeness (QED) is 0.710. The molecule has 1 N–H and O–H groups in total. The average Bonchev–Trinajstić information content (AvgIpc) is 2.66. The smallest absolute Gasteiger partial charge is 0.241 e. The third-order valence-corrected chi connectivity index (χ3v) is 6.24. The number of methoxy groups -OCH3 is 3. The van der Waals surface area contributed by atoms with Crippen LogP contribution < -0.4 is 18.9 Å². The lowest BCUT2D eigenvalue weighted by Gasteiger charge is -2.21. The number of benzene rings is 2. The van der Waals surface area contributed by atoms with Crippen molar-refractivity contribution in [2.75, 3.05) is 21.3 Å². The Hall–Kier alpha value is -2.25. The van der Waals surface area contributed by atoms with E-state index in [9.17, 15) is 8.42 Å². The molecule has 0 aliphatic heterocycles. The van der Waals surface area contributed by atoms with E-state index in [1.54, 1.807) is 13.2 Å². The number of nitrogens with one attached hydrogen (secondary N) is 1. The highest BCUT2D eigenvalue weighted by atomic mass is 32.2. The van der Waals surface area contributed by atoms with Crippen LogP contribution in [0.3, 0.4) is 0 Å². The maximum Gasteiger partial charge on any atom is 0.241 e. The Kier molecular flexibility index (Phi) is 6.96. The molecule has 2 aromatic carbocycles. The van der Waals surface area contributed by atoms with Gasteiger partial charge in [-0.3, -0.25) is 0 Å². The highest BCUT2D eigenvalue weighted by Gasteiger charge is 2.22. The molecule has 0 saturated carbocycles. The number of sulfonamides is 1. The molecule has 0 radical (unpaired) electrons. The molecule has 28 heavy (non-hydrogen) atoms. The molecule has 1 atom stereocenters. The van der Waals surface area contributed by atoms with Crippen molar-refractivity contribution >= 4 is 10.0 Å². The molecule has 7 heteroatoms. The van der Waals surface area contributed by atoms with Gasteiger partial charge < -0.3 is 14.2 Å². The summed E-state index contributed by atoms with van der Waals surface area (Å²) in [6.07, 6.45) is 0. The van der Waals surface area contributed by atoms with E-state index in [1.807, 2.05) is 26.0 Å². The Labute approximate surface area is 167 Å². The largest absolute Gasteiger partial charge is 0.496 e. The Morgan fingerprint density at radius 2 is 1.43 bits per heavy atom. The van der Waals surface area contributed by atoms with Crippen LogP contribution in [-0.4, -0.2) is 29.7 Å². The molecule has 0 amide bonds. The second kappa shape index (κ2) is 8.84. The fourth-order valence-corrected chi connectivity index (χ4v) is 4.40. The topological polar surface area (TPSA) is 73.9 Å². The van der Waals surface area contributed by atoms with Gasteiger partial charge in [-0.1, -0.05) is 13.8 Å². The van der Waals surface area contributed by atoms with Gasteiger partial charge in [-0.15, -0.1) is 0 Å². The molecule has 0 heterocycles. The number of rotatable bonds is 8. The minimum atomic E-state index is -3.75. The first-order chi connectivity index (χ1) is 13.1. The van der Waals surface area contributed by atoms with Crippen LogP contribution in [0.2, 0.25) is 0 Å². The van der Waals surface area contributed by atoms with Crippen molar-refractivity contribution in [2.45, 2.75) is 44.6 Å². The summed E-state index contributed by atoms with van der Waals surface area (Å²) in [5, 5.41) is 0. The van der Waals surface area contributed by atoms with Gasteiger partial charge >= 0.3 is 0 Å². The molecule has 2 rings (SSSR count). The zero-order valence-corrected chi connectivity index (χ0v) is 18.3. The first-order valence-corrected chi connectivity index (χ1v) is 10.6. The van der Waals surface area contributed by atoms with Crippen LogP contribution in [0.5, 0.6) is 17.2 Å². The fourth-order valence-electron chi connectivity index (χ4n) is 3.16. The molecule has 0 bridgehead atoms. The van der Waals surface area contributed by atoms with Gasteiger partial charge in [0.25, 0.3) is 0 Å². The summed E-state index contributed by atoms with van der Waals surface area (Å²) in [5.41, 5.74) is 2.91. The van der Waals surface area contributed by atoms with E-state index >= 15 is 0 Å². The highest BCUT2D eigenvalue weighted by molar-refractivity contribution is 7.89. The van der Waals surface area contributed by atoms with Gasteiger partial charge in [-0.05, 0) is 60.7 Å². The van der Waals surface area contributed by atoms with Crippen molar-refractivity contribution in [3.8, 4) is 17.2 Å². The Bertz CT molecular complexity index is 938. The van der Waals surface area contributed by atoms with Crippen molar-refractivity contribution in [3.63, 3.8) is 0 Å². The van der Waals surface area contributed by atoms with E-state index in [1.165, 1.54) is 26.4 Å². The second-order valence-electron chi connectivity index (χ2n) is 6.97. The lowest BCUT2D eigenvalue weighted by molar-refractivity contribution is 0.354. The van der Waals surface area contributed by atoms with Gasteiger partial charge in [-0.2, -0.15) is 0 Å². The van der Waals surface area contributed by atoms with E-state index in [2.05, 4.69) is 18.6 Å². The first kappa shape index (κ1) is 22.0. The van der Waals surface area contributed by atoms with Gasteiger partial charge in [0, 0.05) is 12.1 Å². The van der Waals surface area contributed by atoms with E-state index < -0.39 is 16.1 Å². The lowest BCUT2D eigenvalue weighted by Crippen LogP contribution is -2.27. The van der Waals surface area contributed by atoms with Gasteiger partial charge in [0.15, 0.2) is 11.5 Å². The van der Waals surface area contributed by atoms with Crippen LogP contribution in [-0.2, 0) is 10.0 Å². The summed E-state index contributed by atoms with van der Waals surface area (Å²) in [7, 11) is 0.871. The monoisotopic (exact) mass is 407 g/mol. The third-order valence-electron chi connectivity index (χ3n) is 4.70. The minimum Gasteiger partial charge on any atom is -0.496 e. The normalized spacial score (nSPS) is 12.7. The standard InChI is InChI=1S/C21H29NO5S/c1-13(2)17-12-18(14(3)10-20(17)26-6)15(4)22-28(23,24)16-8-9-19(25-5)21(11-16)27-7/h8-13,15,22H,1-7H3/t15-/m0/s1. The molecule has 2 aromatic rings. The molecule has 0 saturated heterocycles. The molecule has 0 unspecified atom stereocenters. The average molecular weight is 408 g/mol. The summed E-state index contributed by atoms with van der Waals surface area (Å²) >= 11 is 0. The molecular formula is C21H29NO5S. The van der Waals surface area contributed by atoms with Crippen LogP contribution in [0.15, 0.2) is 35.2 Å². The Morgan fingerprint density at radius 3 is 1.96 bits per heavy atom. The second-order valence-corrected chi connectivity index (χ2v) is 8.68. The predicted molar refractivity (Wildman–Crippen MR) is 110 cm³/mol. The molecule has 0 fully saturated rings. The molecule has 0 spiro atoms. The van der Waals surface area contributed by atoms with Crippen molar-refractivity contribution < 1.29 is 22.6 Å². The molecule has 6 nitrogen and oxygen atoms in total. The lowest BCUT2D eigenvalue weighted by atomic mass is 9.94. The number of hydrogen-bond acceptors (Lipinski definition) is 5. The molecule has 0 aliphatic rings. The summed E-state index contributed by atoms with van der Waals surface area (Å²) in [6.45, 7) is 7.94. The number of aryl methyl sites for hydroxylation is 1. The molecule has 154 valence electrons. The van der Waals surface area contributed by atoms with E-state index in [0.29, 0.717) is 11.5 Å². The Morgan fingerprint density at radius 1 is 0.821 bits per heavy atom. The van der Waals surface area contributed by atoms with Crippen LogP contribution >= 0.6 is 0 Å². The van der Waals surface area contributed by atoms with Gasteiger partial charge in [0.1, 0.15) is 5.75 Å². The highest BCUT2D eigenvalue weighted by Crippen LogP contribution is 2.33. The van der Waals surface area contributed by atoms with E-state index in [0.717, 1.165) is 22.4 Å². The maximum atomic E-state index is 12.9. The van der Waals surface area contributed by atoms with Crippen molar-refractivity contribution in [1.29, 1.82) is 0 Å². The van der Waals surface area contributed by atoms with Crippen LogP contribution in [0.4, 0.5) is 0 Å². The summed E-state index contributed by atoms with van der Waals surface area (Å²) < 4.78 is 44.4. The summed E-state index contributed by atoms with van der Waals surface area (Å²) in [5.74, 6) is 1.90. The maximum absolute atomic E-state index is 12.9. The van der Waals surface area contributed by atoms with E-state index in [4.69, 9.17) is 14.2 Å². The van der Waals surface area contributed by atoms with Crippen molar-refractivity contribution in [2.24, 2.45) is 0 Å². The van der Waals surface area contributed by atoms with E-state index in [-0.39, 0.29) is 10.8 Å². The zero-order chi connectivity index (χ0) is 21.1. The van der Waals surface area contributed by atoms with Crippen molar-refractivity contribution in [1.82, 2.24) is 4.72 Å².